The highest BCUT2D eigenvalue weighted by molar-refractivity contribution is 14.1. The molecule has 182 valence electrons. The van der Waals surface area contributed by atoms with Crippen molar-refractivity contribution in [2.45, 2.75) is 39.2 Å². The number of carbonyl (C=O) groups excluding carboxylic acids is 2. The van der Waals surface area contributed by atoms with E-state index in [1.54, 1.807) is 12.1 Å². The number of methoxy groups -OCH3 is 1. The first-order valence-corrected chi connectivity index (χ1v) is 12.6. The van der Waals surface area contributed by atoms with Crippen LogP contribution in [0.4, 0.5) is 0 Å². The molecule has 34 heavy (non-hydrogen) atoms. The lowest BCUT2D eigenvalue weighted by Crippen LogP contribution is -2.37. The van der Waals surface area contributed by atoms with Gasteiger partial charge in [-0.1, -0.05) is 24.3 Å². The van der Waals surface area contributed by atoms with Gasteiger partial charge in [0.15, 0.2) is 0 Å². The highest BCUT2D eigenvalue weighted by atomic mass is 127. The number of rotatable bonds is 9. The Hall–Kier alpha value is -2.39. The molecule has 0 aliphatic carbocycles. The van der Waals surface area contributed by atoms with Crippen molar-refractivity contribution < 1.29 is 23.8 Å². The van der Waals surface area contributed by atoms with Gasteiger partial charge in [0.2, 0.25) is 5.91 Å². The van der Waals surface area contributed by atoms with Gasteiger partial charge in [0.1, 0.15) is 12.4 Å². The van der Waals surface area contributed by atoms with Gasteiger partial charge >= 0.3 is 5.97 Å². The summed E-state index contributed by atoms with van der Waals surface area (Å²) in [6.07, 6.45) is 6.44. The lowest BCUT2D eigenvalue weighted by atomic mass is 9.98. The summed E-state index contributed by atoms with van der Waals surface area (Å²) in [5.74, 6) is 0.355. The molecule has 1 N–H and O–H groups in total. The van der Waals surface area contributed by atoms with Gasteiger partial charge in [0.25, 0.3) is 0 Å². The predicted octanol–water partition coefficient (Wildman–Crippen LogP) is 5.30. The first-order chi connectivity index (χ1) is 16.4. The van der Waals surface area contributed by atoms with Gasteiger partial charge in [0.05, 0.1) is 31.2 Å². The summed E-state index contributed by atoms with van der Waals surface area (Å²) in [6.45, 7) is 5.44. The summed E-state index contributed by atoms with van der Waals surface area (Å²) in [4.78, 5) is 24.6. The second kappa shape index (κ2) is 12.9. The van der Waals surface area contributed by atoms with Gasteiger partial charge in [0, 0.05) is 10.2 Å². The number of ether oxygens (including phenoxy) is 3. The minimum Gasteiger partial charge on any atom is -0.489 e. The normalized spacial score (nSPS) is 16.8. The number of amides is 1. The van der Waals surface area contributed by atoms with E-state index < -0.39 is 0 Å². The summed E-state index contributed by atoms with van der Waals surface area (Å²) >= 11 is 2.29. The first kappa shape index (κ1) is 26.2. The molecule has 1 fully saturated rings. The number of carbonyl (C=O) groups is 2. The first-order valence-electron chi connectivity index (χ1n) is 11.5. The minimum atomic E-state index is -0.360. The van der Waals surface area contributed by atoms with E-state index in [9.17, 15) is 9.59 Å². The Bertz CT molecular complexity index is 1010. The lowest BCUT2D eigenvalue weighted by molar-refractivity contribution is -0.129. The molecule has 7 heteroatoms. The van der Waals surface area contributed by atoms with Gasteiger partial charge in [-0.25, -0.2) is 4.79 Å². The van der Waals surface area contributed by atoms with Gasteiger partial charge in [-0.15, -0.1) is 0 Å². The van der Waals surface area contributed by atoms with Crippen LogP contribution in [0, 0.1) is 23.3 Å². The predicted molar refractivity (Wildman–Crippen MR) is 140 cm³/mol. The third-order valence-electron chi connectivity index (χ3n) is 5.84. The molecule has 1 saturated heterocycles. The molecule has 0 bridgehead atoms. The molecule has 1 unspecified atom stereocenters. The molecule has 2 aromatic carbocycles. The molecule has 1 heterocycles. The van der Waals surface area contributed by atoms with E-state index in [1.165, 1.54) is 7.11 Å². The van der Waals surface area contributed by atoms with E-state index in [-0.39, 0.29) is 23.8 Å². The molecule has 0 radical (unpaired) electrons. The van der Waals surface area contributed by atoms with E-state index in [0.29, 0.717) is 25.2 Å². The second-order valence-electron chi connectivity index (χ2n) is 8.48. The van der Waals surface area contributed by atoms with Gasteiger partial charge in [-0.05, 0) is 96.7 Å². The Kier molecular flexibility index (Phi) is 9.95. The van der Waals surface area contributed by atoms with Crippen LogP contribution in [0.3, 0.4) is 0 Å². The van der Waals surface area contributed by atoms with Crippen LogP contribution in [0.5, 0.6) is 5.75 Å². The minimum absolute atomic E-state index is 0.0464. The standard InChI is InChI=1S/C27H32INO5/c1-18-14-22(27(31)32-3)15-19(2)25(18)34-13-5-4-11-24(20-8-6-10-23(28)16-20)29-26(30)21-9-7-12-33-17-21/h4-6,8,10,14-16,21,24H,7,9,11-13,17H2,1-3H3,(H,29,30)/b5-4+/t21?,24-/m0/s1. The summed E-state index contributed by atoms with van der Waals surface area (Å²) in [6, 6.07) is 11.6. The average Bonchev–Trinajstić information content (AvgIpc) is 2.84. The fourth-order valence-electron chi connectivity index (χ4n) is 4.08. The monoisotopic (exact) mass is 577 g/mol. The SMILES string of the molecule is COC(=O)c1cc(C)c(OC/C=C/C[C@H](NC(=O)C2CCCOC2)c2cccc(I)c2)c(C)c1. The molecule has 1 amide bonds. The van der Waals surface area contributed by atoms with Crippen molar-refractivity contribution >= 4 is 34.5 Å². The fourth-order valence-corrected chi connectivity index (χ4v) is 4.65. The number of hydrogen-bond donors (Lipinski definition) is 1. The molecule has 0 saturated carbocycles. The zero-order chi connectivity index (χ0) is 24.5. The Morgan fingerprint density at radius 1 is 1.21 bits per heavy atom. The van der Waals surface area contributed by atoms with Crippen LogP contribution in [0.2, 0.25) is 0 Å². The molecule has 3 rings (SSSR count). The van der Waals surface area contributed by atoms with Crippen molar-refractivity contribution in [3.05, 3.63) is 74.4 Å². The van der Waals surface area contributed by atoms with Crippen LogP contribution < -0.4 is 10.1 Å². The zero-order valence-electron chi connectivity index (χ0n) is 19.9. The van der Waals surface area contributed by atoms with E-state index in [2.05, 4.69) is 34.0 Å². The number of aryl methyl sites for hydroxylation is 2. The number of halogens is 1. The Morgan fingerprint density at radius 3 is 2.62 bits per heavy atom. The van der Waals surface area contributed by atoms with Crippen molar-refractivity contribution in [3.8, 4) is 5.75 Å². The van der Waals surface area contributed by atoms with E-state index >= 15 is 0 Å². The van der Waals surface area contributed by atoms with Gasteiger partial charge in [-0.3, -0.25) is 4.79 Å². The van der Waals surface area contributed by atoms with E-state index in [1.807, 2.05) is 44.2 Å². The zero-order valence-corrected chi connectivity index (χ0v) is 22.1. The van der Waals surface area contributed by atoms with Gasteiger partial charge in [-0.2, -0.15) is 0 Å². The molecule has 1 aliphatic rings. The third kappa shape index (κ3) is 7.30. The third-order valence-corrected chi connectivity index (χ3v) is 6.51. The number of nitrogens with one attached hydrogen (secondary N) is 1. The molecular formula is C27H32INO5. The highest BCUT2D eigenvalue weighted by Gasteiger charge is 2.24. The number of hydrogen-bond acceptors (Lipinski definition) is 5. The van der Waals surface area contributed by atoms with Crippen molar-refractivity contribution in [1.29, 1.82) is 0 Å². The topological polar surface area (TPSA) is 73.9 Å². The smallest absolute Gasteiger partial charge is 0.337 e. The molecular weight excluding hydrogens is 545 g/mol. The highest BCUT2D eigenvalue weighted by Crippen LogP contribution is 2.26. The Balaban J connectivity index is 1.62. The fraction of sp³-hybridized carbons (Fsp3) is 0.407. The van der Waals surface area contributed by atoms with E-state index in [4.69, 9.17) is 14.2 Å². The van der Waals surface area contributed by atoms with Crippen molar-refractivity contribution in [2.24, 2.45) is 5.92 Å². The molecule has 0 aromatic heterocycles. The van der Waals surface area contributed by atoms with Gasteiger partial charge < -0.3 is 19.5 Å². The maximum atomic E-state index is 12.8. The Labute approximate surface area is 215 Å². The second-order valence-corrected chi connectivity index (χ2v) is 9.72. The van der Waals surface area contributed by atoms with E-state index in [0.717, 1.165) is 45.5 Å². The van der Waals surface area contributed by atoms with Crippen LogP contribution in [0.15, 0.2) is 48.6 Å². The summed E-state index contributed by atoms with van der Waals surface area (Å²) in [5, 5.41) is 3.22. The summed E-state index contributed by atoms with van der Waals surface area (Å²) < 4.78 is 17.4. The summed E-state index contributed by atoms with van der Waals surface area (Å²) in [7, 11) is 1.37. The molecule has 1 aliphatic heterocycles. The van der Waals surface area contributed by atoms with Crippen molar-refractivity contribution in [2.75, 3.05) is 26.9 Å². The van der Waals surface area contributed by atoms with Crippen LogP contribution in [-0.4, -0.2) is 38.8 Å². The quantitative estimate of drug-likeness (QED) is 0.249. The Morgan fingerprint density at radius 2 is 1.97 bits per heavy atom. The molecule has 0 spiro atoms. The lowest BCUT2D eigenvalue weighted by Gasteiger charge is -2.25. The number of benzene rings is 2. The van der Waals surface area contributed by atoms with Crippen LogP contribution in [0.25, 0.3) is 0 Å². The van der Waals surface area contributed by atoms with Crippen molar-refractivity contribution in [1.82, 2.24) is 5.32 Å². The van der Waals surface area contributed by atoms with Crippen LogP contribution >= 0.6 is 22.6 Å². The molecule has 2 aromatic rings. The van der Waals surface area contributed by atoms with Crippen LogP contribution in [-0.2, 0) is 14.3 Å². The molecule has 6 nitrogen and oxygen atoms in total. The maximum Gasteiger partial charge on any atom is 0.337 e. The average molecular weight is 577 g/mol. The van der Waals surface area contributed by atoms with Crippen LogP contribution in [0.1, 0.15) is 52.4 Å². The molecule has 2 atom stereocenters. The largest absolute Gasteiger partial charge is 0.489 e. The maximum absolute atomic E-state index is 12.8. The summed E-state index contributed by atoms with van der Waals surface area (Å²) in [5.41, 5.74) is 3.35. The number of esters is 1. The van der Waals surface area contributed by atoms with Crippen molar-refractivity contribution in [3.63, 3.8) is 0 Å².